The molecule has 2 aromatic heterocycles. The van der Waals surface area contributed by atoms with Crippen LogP contribution in [0.25, 0.3) is 11.0 Å². The zero-order chi connectivity index (χ0) is 15.0. The van der Waals surface area contributed by atoms with E-state index >= 15 is 0 Å². The fourth-order valence-corrected chi connectivity index (χ4v) is 3.11. The molecule has 2 aromatic rings. The lowest BCUT2D eigenvalue weighted by molar-refractivity contribution is 0.0960. The lowest BCUT2D eigenvalue weighted by Crippen LogP contribution is -2.17. The molecule has 5 nitrogen and oxygen atoms in total. The van der Waals surface area contributed by atoms with E-state index in [0.717, 1.165) is 42.4 Å². The summed E-state index contributed by atoms with van der Waals surface area (Å²) in [6.45, 7) is 5.20. The maximum Gasteiger partial charge on any atom is 0.167 e. The third kappa shape index (κ3) is 2.22. The summed E-state index contributed by atoms with van der Waals surface area (Å²) in [5.41, 5.74) is 3.39. The van der Waals surface area contributed by atoms with Crippen LogP contribution in [-0.2, 0) is 11.3 Å². The average Bonchev–Trinajstić information content (AvgIpc) is 3.05. The van der Waals surface area contributed by atoms with Crippen molar-refractivity contribution in [2.75, 3.05) is 6.61 Å². The molecule has 1 unspecified atom stereocenters. The highest BCUT2D eigenvalue weighted by molar-refractivity contribution is 5.95. The number of hydrogen-bond donors (Lipinski definition) is 0. The summed E-state index contributed by atoms with van der Waals surface area (Å²) in [7, 11) is 0. The molecule has 0 N–H and O–H groups in total. The van der Waals surface area contributed by atoms with Crippen LogP contribution in [0.2, 0.25) is 0 Å². The summed E-state index contributed by atoms with van der Waals surface area (Å²) in [5, 5.41) is 10.2. The number of carbonyl (C=O) groups is 1. The summed E-state index contributed by atoms with van der Waals surface area (Å²) in [4.78, 5) is 16.1. The first-order chi connectivity index (χ1) is 10.2. The van der Waals surface area contributed by atoms with Crippen molar-refractivity contribution in [3.63, 3.8) is 0 Å². The van der Waals surface area contributed by atoms with Crippen molar-refractivity contribution in [1.29, 1.82) is 5.26 Å². The Morgan fingerprint density at radius 2 is 2.38 bits per heavy atom. The number of ether oxygens (including phenoxy) is 1. The first kappa shape index (κ1) is 13.8. The number of aryl methyl sites for hydroxylation is 2. The molecule has 0 aliphatic carbocycles. The lowest BCUT2D eigenvalue weighted by Gasteiger charge is -2.13. The molecule has 21 heavy (non-hydrogen) atoms. The Morgan fingerprint density at radius 3 is 3.00 bits per heavy atom. The van der Waals surface area contributed by atoms with E-state index in [1.807, 2.05) is 24.5 Å². The fraction of sp³-hybridized carbons (Fsp3) is 0.438. The van der Waals surface area contributed by atoms with Gasteiger partial charge in [0.1, 0.15) is 17.4 Å². The van der Waals surface area contributed by atoms with Crippen LogP contribution in [0.5, 0.6) is 0 Å². The van der Waals surface area contributed by atoms with E-state index in [2.05, 4.69) is 11.1 Å². The molecule has 3 heterocycles. The second-order valence-electron chi connectivity index (χ2n) is 5.51. The molecule has 3 rings (SSSR count). The number of carbonyl (C=O) groups excluding carboxylic acids is 1. The van der Waals surface area contributed by atoms with Crippen molar-refractivity contribution >= 4 is 17.3 Å². The molecule has 1 saturated heterocycles. The number of nitriles is 1. The van der Waals surface area contributed by atoms with Gasteiger partial charge in [0.15, 0.2) is 6.29 Å². The van der Waals surface area contributed by atoms with Crippen molar-refractivity contribution in [1.82, 2.24) is 9.55 Å². The van der Waals surface area contributed by atoms with Crippen LogP contribution in [0.4, 0.5) is 0 Å². The van der Waals surface area contributed by atoms with Crippen LogP contribution in [0, 0.1) is 25.2 Å². The topological polar surface area (TPSA) is 67.9 Å². The summed E-state index contributed by atoms with van der Waals surface area (Å²) in [6, 6.07) is 4.10. The first-order valence-electron chi connectivity index (χ1n) is 7.13. The standard InChI is InChI=1S/C16H17N3O2/c1-10-6-11(2)18-16-15(10)13(7-17)14(9-20)19(16)8-12-4-3-5-21-12/h6,9,12H,3-5,8H2,1-2H3. The molecule has 0 spiro atoms. The number of aromatic nitrogens is 2. The Morgan fingerprint density at radius 1 is 1.57 bits per heavy atom. The SMILES string of the molecule is Cc1cc(C)c2c(C#N)c(C=O)n(CC3CCCO3)c2n1. The Kier molecular flexibility index (Phi) is 3.48. The number of aldehydes is 1. The Bertz CT molecular complexity index is 749. The second kappa shape index (κ2) is 5.30. The molecule has 1 aliphatic heterocycles. The van der Waals surface area contributed by atoms with E-state index in [-0.39, 0.29) is 6.10 Å². The Balaban J connectivity index is 2.25. The van der Waals surface area contributed by atoms with Crippen molar-refractivity contribution in [3.8, 4) is 6.07 Å². The first-order valence-corrected chi connectivity index (χ1v) is 7.13. The molecule has 0 bridgehead atoms. The van der Waals surface area contributed by atoms with E-state index in [0.29, 0.717) is 23.4 Å². The number of rotatable bonds is 3. The second-order valence-corrected chi connectivity index (χ2v) is 5.51. The van der Waals surface area contributed by atoms with E-state index in [9.17, 15) is 10.1 Å². The maximum atomic E-state index is 11.5. The highest BCUT2D eigenvalue weighted by Crippen LogP contribution is 2.28. The van der Waals surface area contributed by atoms with Crippen LogP contribution in [0.1, 0.15) is 40.2 Å². The van der Waals surface area contributed by atoms with Gasteiger partial charge in [0.05, 0.1) is 18.2 Å². The van der Waals surface area contributed by atoms with Gasteiger partial charge in [-0.05, 0) is 38.3 Å². The number of nitrogens with zero attached hydrogens (tertiary/aromatic N) is 3. The highest BCUT2D eigenvalue weighted by Gasteiger charge is 2.24. The van der Waals surface area contributed by atoms with Gasteiger partial charge in [0, 0.05) is 17.7 Å². The zero-order valence-electron chi connectivity index (χ0n) is 12.2. The van der Waals surface area contributed by atoms with Crippen LogP contribution in [0.15, 0.2) is 6.07 Å². The molecule has 1 fully saturated rings. The third-order valence-corrected chi connectivity index (χ3v) is 4.01. The van der Waals surface area contributed by atoms with Crippen molar-refractivity contribution < 1.29 is 9.53 Å². The number of pyridine rings is 1. The lowest BCUT2D eigenvalue weighted by atomic mass is 10.1. The van der Waals surface area contributed by atoms with Crippen LogP contribution in [0.3, 0.4) is 0 Å². The molecule has 0 amide bonds. The minimum atomic E-state index is 0.0912. The van der Waals surface area contributed by atoms with Gasteiger partial charge in [0.25, 0.3) is 0 Å². The summed E-state index contributed by atoms with van der Waals surface area (Å²) < 4.78 is 7.51. The van der Waals surface area contributed by atoms with Gasteiger partial charge in [-0.15, -0.1) is 0 Å². The Labute approximate surface area is 123 Å². The van der Waals surface area contributed by atoms with Crippen LogP contribution < -0.4 is 0 Å². The average molecular weight is 283 g/mol. The number of fused-ring (bicyclic) bond motifs is 1. The van der Waals surface area contributed by atoms with Crippen LogP contribution in [-0.4, -0.2) is 28.5 Å². The Hall–Kier alpha value is -2.19. The predicted octanol–water partition coefficient (Wildman–Crippen LogP) is 2.52. The molecule has 1 atom stereocenters. The van der Waals surface area contributed by atoms with E-state index in [1.165, 1.54) is 0 Å². The molecule has 0 saturated carbocycles. The molecule has 108 valence electrons. The van der Waals surface area contributed by atoms with E-state index in [4.69, 9.17) is 4.74 Å². The molecule has 0 aromatic carbocycles. The fourth-order valence-electron chi connectivity index (χ4n) is 3.11. The number of hydrogen-bond acceptors (Lipinski definition) is 4. The third-order valence-electron chi connectivity index (χ3n) is 4.01. The minimum absolute atomic E-state index is 0.0912. The quantitative estimate of drug-likeness (QED) is 0.812. The molecule has 1 aliphatic rings. The maximum absolute atomic E-state index is 11.5. The zero-order valence-corrected chi connectivity index (χ0v) is 12.2. The molecular formula is C16H17N3O2. The van der Waals surface area contributed by atoms with Gasteiger partial charge in [-0.25, -0.2) is 4.98 Å². The van der Waals surface area contributed by atoms with Gasteiger partial charge in [-0.3, -0.25) is 4.79 Å². The van der Waals surface area contributed by atoms with Crippen molar-refractivity contribution in [2.45, 2.75) is 39.3 Å². The van der Waals surface area contributed by atoms with Crippen LogP contribution >= 0.6 is 0 Å². The predicted molar refractivity (Wildman–Crippen MR) is 78.3 cm³/mol. The molecular weight excluding hydrogens is 266 g/mol. The van der Waals surface area contributed by atoms with Crippen molar-refractivity contribution in [3.05, 3.63) is 28.6 Å². The van der Waals surface area contributed by atoms with Gasteiger partial charge < -0.3 is 9.30 Å². The van der Waals surface area contributed by atoms with Gasteiger partial charge in [-0.1, -0.05) is 0 Å². The van der Waals surface area contributed by atoms with E-state index < -0.39 is 0 Å². The highest BCUT2D eigenvalue weighted by atomic mass is 16.5. The summed E-state index contributed by atoms with van der Waals surface area (Å²) in [5.74, 6) is 0. The molecule has 5 heteroatoms. The molecule has 0 radical (unpaired) electrons. The van der Waals surface area contributed by atoms with Crippen molar-refractivity contribution in [2.24, 2.45) is 0 Å². The van der Waals surface area contributed by atoms with E-state index in [1.54, 1.807) is 0 Å². The summed E-state index contributed by atoms with van der Waals surface area (Å²) >= 11 is 0. The minimum Gasteiger partial charge on any atom is -0.376 e. The normalized spacial score (nSPS) is 18.0. The monoisotopic (exact) mass is 283 g/mol. The summed E-state index contributed by atoms with van der Waals surface area (Å²) in [6.07, 6.45) is 2.86. The van der Waals surface area contributed by atoms with Gasteiger partial charge in [0.2, 0.25) is 0 Å². The largest absolute Gasteiger partial charge is 0.376 e. The van der Waals surface area contributed by atoms with Gasteiger partial charge >= 0.3 is 0 Å². The van der Waals surface area contributed by atoms with Gasteiger partial charge in [-0.2, -0.15) is 5.26 Å². The smallest absolute Gasteiger partial charge is 0.167 e.